The monoisotopic (exact) mass is 613 g/mol. The van der Waals surface area contributed by atoms with Crippen molar-refractivity contribution in [3.05, 3.63) is 163 Å². The minimum Gasteiger partial charge on any atom is -0.264 e. The van der Waals surface area contributed by atoms with E-state index in [-0.39, 0.29) is 0 Å². The van der Waals surface area contributed by atoms with Gasteiger partial charge in [0.15, 0.2) is 0 Å². The predicted octanol–water partition coefficient (Wildman–Crippen LogP) is 14.1. The molecule has 236 valence electrons. The van der Waals surface area contributed by atoms with Crippen LogP contribution in [0.3, 0.4) is 0 Å². The maximum atomic E-state index is 4.26. The van der Waals surface area contributed by atoms with Crippen LogP contribution in [0.5, 0.6) is 0 Å². The highest BCUT2D eigenvalue weighted by atomic mass is 14.7. The third kappa shape index (κ3) is 8.31. The third-order valence-electron chi connectivity index (χ3n) is 7.82. The van der Waals surface area contributed by atoms with Crippen molar-refractivity contribution in [2.75, 3.05) is 0 Å². The SMILES string of the molecule is C=Nc1cc(-c2c3ccccc3c(-c3ccc(-c4ccccc4)cc3)c3ccccc23)ccc1C.CC.CCC.Cc1ccccc1. The number of hydrogen-bond donors (Lipinski definition) is 0. The number of nitrogens with zero attached hydrogens (tertiary/aromatic N) is 1. The van der Waals surface area contributed by atoms with Gasteiger partial charge in [-0.15, -0.1) is 0 Å². The summed E-state index contributed by atoms with van der Waals surface area (Å²) in [6, 6.07) is 53.7. The fourth-order valence-electron chi connectivity index (χ4n) is 5.68. The van der Waals surface area contributed by atoms with E-state index in [0.29, 0.717) is 0 Å². The van der Waals surface area contributed by atoms with E-state index in [9.17, 15) is 0 Å². The number of aliphatic imine (C=N–C) groups is 1. The van der Waals surface area contributed by atoms with Gasteiger partial charge in [0.25, 0.3) is 0 Å². The third-order valence-corrected chi connectivity index (χ3v) is 7.82. The molecule has 0 aromatic heterocycles. The van der Waals surface area contributed by atoms with Crippen molar-refractivity contribution in [2.24, 2.45) is 4.99 Å². The Bertz CT molecular complexity index is 1950. The van der Waals surface area contributed by atoms with Crippen LogP contribution in [0.25, 0.3) is 54.9 Å². The molecule has 0 fully saturated rings. The molecule has 0 heterocycles. The second-order valence-electron chi connectivity index (χ2n) is 11.3. The first-order chi connectivity index (χ1) is 23.0. The number of hydrogen-bond acceptors (Lipinski definition) is 1. The Hall–Kier alpha value is -5.27. The van der Waals surface area contributed by atoms with Crippen molar-refractivity contribution in [1.82, 2.24) is 0 Å². The molecule has 0 aliphatic rings. The standard InChI is InChI=1S/C34H25N.C7H8.C3H8.C2H6/c1-23-16-17-27(22-32(23)35-2)34-30-14-8-6-12-28(30)33(29-13-7-9-15-31(29)34)26-20-18-25(19-21-26)24-10-4-3-5-11-24;1-7-5-3-2-4-6-7;1-3-2;1-2/h3-22H,2H2,1H3;2-6H,1H3;3H2,1-2H3;1-2H3. The Morgan fingerprint density at radius 1 is 0.447 bits per heavy atom. The molecule has 0 amide bonds. The summed E-state index contributed by atoms with van der Waals surface area (Å²) in [7, 11) is 0. The van der Waals surface area contributed by atoms with Gasteiger partial charge >= 0.3 is 0 Å². The molecule has 0 unspecified atom stereocenters. The van der Waals surface area contributed by atoms with Crippen molar-refractivity contribution < 1.29 is 0 Å². The molecule has 0 atom stereocenters. The molecule has 0 radical (unpaired) electrons. The first-order valence-electron chi connectivity index (χ1n) is 16.7. The summed E-state index contributed by atoms with van der Waals surface area (Å²) in [5.74, 6) is 0. The van der Waals surface area contributed by atoms with Crippen LogP contribution in [0.1, 0.15) is 45.2 Å². The van der Waals surface area contributed by atoms with Crippen molar-refractivity contribution in [3.63, 3.8) is 0 Å². The number of benzene rings is 7. The van der Waals surface area contributed by atoms with Crippen molar-refractivity contribution >= 4 is 33.9 Å². The van der Waals surface area contributed by atoms with Crippen molar-refractivity contribution in [3.8, 4) is 33.4 Å². The first-order valence-corrected chi connectivity index (χ1v) is 16.7. The minimum atomic E-state index is 0.927. The second-order valence-corrected chi connectivity index (χ2v) is 11.3. The van der Waals surface area contributed by atoms with Gasteiger partial charge < -0.3 is 0 Å². The lowest BCUT2D eigenvalue weighted by Gasteiger charge is -2.18. The van der Waals surface area contributed by atoms with Gasteiger partial charge in [-0.1, -0.05) is 185 Å². The maximum absolute atomic E-state index is 4.26. The molecular weight excluding hydrogens is 567 g/mol. The molecule has 0 N–H and O–H groups in total. The van der Waals surface area contributed by atoms with Gasteiger partial charge in [0.05, 0.1) is 5.69 Å². The average Bonchev–Trinajstić information content (AvgIpc) is 3.13. The van der Waals surface area contributed by atoms with Gasteiger partial charge in [-0.05, 0) is 87.1 Å². The van der Waals surface area contributed by atoms with Crippen LogP contribution in [-0.4, -0.2) is 6.72 Å². The number of fused-ring (bicyclic) bond motifs is 2. The van der Waals surface area contributed by atoms with Gasteiger partial charge in [0.1, 0.15) is 0 Å². The number of aryl methyl sites for hydroxylation is 2. The highest BCUT2D eigenvalue weighted by Crippen LogP contribution is 2.44. The smallest absolute Gasteiger partial charge is 0.0657 e. The van der Waals surface area contributed by atoms with E-state index in [4.69, 9.17) is 0 Å². The molecule has 7 aromatic carbocycles. The van der Waals surface area contributed by atoms with Crippen molar-refractivity contribution in [1.29, 1.82) is 0 Å². The Kier molecular flexibility index (Phi) is 12.8. The molecule has 0 saturated heterocycles. The fraction of sp³-hybridized carbons (Fsp3) is 0.152. The molecule has 0 saturated carbocycles. The summed E-state index contributed by atoms with van der Waals surface area (Å²) in [6.07, 6.45) is 1.25. The summed E-state index contributed by atoms with van der Waals surface area (Å²) in [5, 5.41) is 4.99. The van der Waals surface area contributed by atoms with Crippen LogP contribution in [0.2, 0.25) is 0 Å². The minimum absolute atomic E-state index is 0.927. The van der Waals surface area contributed by atoms with E-state index in [0.717, 1.165) is 16.8 Å². The molecule has 1 heteroatoms. The van der Waals surface area contributed by atoms with E-state index in [1.54, 1.807) is 0 Å². The largest absolute Gasteiger partial charge is 0.264 e. The van der Waals surface area contributed by atoms with Crippen LogP contribution >= 0.6 is 0 Å². The molecule has 7 aromatic rings. The summed E-state index contributed by atoms with van der Waals surface area (Å²) in [4.78, 5) is 4.26. The Morgan fingerprint density at radius 3 is 1.23 bits per heavy atom. The van der Waals surface area contributed by atoms with E-state index < -0.39 is 0 Å². The van der Waals surface area contributed by atoms with Crippen LogP contribution in [0, 0.1) is 13.8 Å². The molecule has 0 spiro atoms. The number of rotatable bonds is 4. The Morgan fingerprint density at radius 2 is 0.809 bits per heavy atom. The zero-order valence-corrected chi connectivity index (χ0v) is 28.8. The van der Waals surface area contributed by atoms with Gasteiger partial charge in [-0.25, -0.2) is 0 Å². The van der Waals surface area contributed by atoms with E-state index in [1.165, 1.54) is 61.3 Å². The summed E-state index contributed by atoms with van der Waals surface area (Å²) < 4.78 is 0. The van der Waals surface area contributed by atoms with Crippen LogP contribution in [-0.2, 0) is 0 Å². The quantitative estimate of drug-likeness (QED) is 0.138. The maximum Gasteiger partial charge on any atom is 0.0657 e. The lowest BCUT2D eigenvalue weighted by atomic mass is 9.85. The van der Waals surface area contributed by atoms with Gasteiger partial charge in [0.2, 0.25) is 0 Å². The predicted molar refractivity (Wildman–Crippen MR) is 210 cm³/mol. The molecule has 1 nitrogen and oxygen atoms in total. The Labute approximate surface area is 282 Å². The van der Waals surface area contributed by atoms with Gasteiger partial charge in [0, 0.05) is 0 Å². The normalized spacial score (nSPS) is 10.1. The molecule has 0 bridgehead atoms. The topological polar surface area (TPSA) is 12.4 Å². The fourth-order valence-corrected chi connectivity index (χ4v) is 5.68. The van der Waals surface area contributed by atoms with Crippen molar-refractivity contribution in [2.45, 2.75) is 48.0 Å². The van der Waals surface area contributed by atoms with E-state index in [1.807, 2.05) is 32.0 Å². The zero-order chi connectivity index (χ0) is 33.6. The summed E-state index contributed by atoms with van der Waals surface area (Å²) in [6.45, 7) is 16.2. The zero-order valence-electron chi connectivity index (χ0n) is 28.8. The van der Waals surface area contributed by atoms with Crippen LogP contribution < -0.4 is 0 Å². The second kappa shape index (κ2) is 17.4. The van der Waals surface area contributed by atoms with Gasteiger partial charge in [-0.2, -0.15) is 0 Å². The summed E-state index contributed by atoms with van der Waals surface area (Å²) in [5.41, 5.74) is 10.7. The van der Waals surface area contributed by atoms with E-state index in [2.05, 4.69) is 173 Å². The summed E-state index contributed by atoms with van der Waals surface area (Å²) >= 11 is 0. The van der Waals surface area contributed by atoms with E-state index >= 15 is 0 Å². The molecule has 7 rings (SSSR count). The first kappa shape index (κ1) is 34.6. The highest BCUT2D eigenvalue weighted by Gasteiger charge is 2.17. The molecular formula is C46H47N. The molecule has 0 aliphatic heterocycles. The van der Waals surface area contributed by atoms with Crippen LogP contribution in [0.15, 0.2) is 157 Å². The van der Waals surface area contributed by atoms with Crippen LogP contribution in [0.4, 0.5) is 5.69 Å². The Balaban J connectivity index is 0.000000358. The van der Waals surface area contributed by atoms with Gasteiger partial charge in [-0.3, -0.25) is 4.99 Å². The highest BCUT2D eigenvalue weighted by molar-refractivity contribution is 6.21. The average molecular weight is 614 g/mol. The lowest BCUT2D eigenvalue weighted by molar-refractivity contribution is 1.09. The lowest BCUT2D eigenvalue weighted by Crippen LogP contribution is -1.91. The molecule has 0 aliphatic carbocycles. The molecule has 47 heavy (non-hydrogen) atoms.